The van der Waals surface area contributed by atoms with Gasteiger partial charge in [0.05, 0.1) is 5.52 Å². The fourth-order valence-electron chi connectivity index (χ4n) is 2.65. The van der Waals surface area contributed by atoms with E-state index in [1.54, 1.807) is 0 Å². The topological polar surface area (TPSA) is 56.7 Å². The summed E-state index contributed by atoms with van der Waals surface area (Å²) in [7, 11) is 0. The minimum absolute atomic E-state index is 0.552. The first kappa shape index (κ1) is 16.1. The third kappa shape index (κ3) is 3.70. The highest BCUT2D eigenvalue weighted by molar-refractivity contribution is 7.98. The van der Waals surface area contributed by atoms with Crippen molar-refractivity contribution in [1.29, 1.82) is 0 Å². The van der Waals surface area contributed by atoms with Crippen molar-refractivity contribution in [2.75, 3.05) is 17.7 Å². The second-order valence-corrected chi connectivity index (χ2v) is 6.49. The Hall–Kier alpha value is -1.23. The summed E-state index contributed by atoms with van der Waals surface area (Å²) in [5, 5.41) is 0. The van der Waals surface area contributed by atoms with Gasteiger partial charge in [0, 0.05) is 19.2 Å². The maximum atomic E-state index is 6.02. The van der Waals surface area contributed by atoms with Crippen molar-refractivity contribution in [2.45, 2.75) is 52.5 Å². The van der Waals surface area contributed by atoms with Gasteiger partial charge in [0.1, 0.15) is 11.3 Å². The summed E-state index contributed by atoms with van der Waals surface area (Å²) < 4.78 is 2.37. The van der Waals surface area contributed by atoms with E-state index in [1.807, 2.05) is 18.0 Å². The van der Waals surface area contributed by atoms with E-state index in [0.717, 1.165) is 18.5 Å². The number of rotatable bonds is 8. The van der Waals surface area contributed by atoms with E-state index in [4.69, 9.17) is 10.7 Å². The van der Waals surface area contributed by atoms with Crippen molar-refractivity contribution in [3.05, 3.63) is 17.6 Å². The standard InChI is InChI=1S/C16H26N4S/c1-4-5-8-13-19-14-15(12(2)11-18-16(14)17)20(13)9-6-7-10-21-3/h11H,4-10H2,1-3H3,(H2,17,18). The molecule has 21 heavy (non-hydrogen) atoms. The Kier molecular flexibility index (Phi) is 5.91. The molecular formula is C16H26N4S. The van der Waals surface area contributed by atoms with E-state index < -0.39 is 0 Å². The lowest BCUT2D eigenvalue weighted by molar-refractivity contribution is 0.605. The van der Waals surface area contributed by atoms with Crippen molar-refractivity contribution >= 4 is 28.6 Å². The maximum Gasteiger partial charge on any atom is 0.151 e. The molecule has 0 spiro atoms. The maximum absolute atomic E-state index is 6.02. The highest BCUT2D eigenvalue weighted by Gasteiger charge is 2.15. The molecule has 0 amide bonds. The molecule has 0 aliphatic heterocycles. The molecule has 4 nitrogen and oxygen atoms in total. The zero-order valence-corrected chi connectivity index (χ0v) is 14.2. The van der Waals surface area contributed by atoms with Gasteiger partial charge in [-0.1, -0.05) is 13.3 Å². The van der Waals surface area contributed by atoms with Crippen LogP contribution in [0, 0.1) is 6.92 Å². The van der Waals surface area contributed by atoms with Crippen molar-refractivity contribution < 1.29 is 0 Å². The molecule has 0 atom stereocenters. The van der Waals surface area contributed by atoms with Crippen LogP contribution in [0.1, 0.15) is 44.0 Å². The lowest BCUT2D eigenvalue weighted by Crippen LogP contribution is -2.05. The van der Waals surface area contributed by atoms with Gasteiger partial charge in [0.25, 0.3) is 0 Å². The molecule has 116 valence electrons. The third-order valence-electron chi connectivity index (χ3n) is 3.79. The summed E-state index contributed by atoms with van der Waals surface area (Å²) in [5.74, 6) is 2.94. The predicted molar refractivity (Wildman–Crippen MR) is 92.9 cm³/mol. The van der Waals surface area contributed by atoms with Crippen LogP contribution in [0.4, 0.5) is 5.82 Å². The largest absolute Gasteiger partial charge is 0.382 e. The van der Waals surface area contributed by atoms with Gasteiger partial charge in [-0.25, -0.2) is 9.97 Å². The highest BCUT2D eigenvalue weighted by Crippen LogP contribution is 2.25. The number of hydrogen-bond donors (Lipinski definition) is 1. The molecule has 0 saturated carbocycles. The average Bonchev–Trinajstić information content (AvgIpc) is 2.85. The Labute approximate surface area is 131 Å². The van der Waals surface area contributed by atoms with Crippen LogP contribution in [-0.4, -0.2) is 26.5 Å². The van der Waals surface area contributed by atoms with Crippen LogP contribution in [0.3, 0.4) is 0 Å². The fourth-order valence-corrected chi connectivity index (χ4v) is 3.14. The lowest BCUT2D eigenvalue weighted by atomic mass is 10.2. The number of thioether (sulfide) groups is 1. The van der Waals surface area contributed by atoms with E-state index in [-0.39, 0.29) is 0 Å². The van der Waals surface area contributed by atoms with Crippen LogP contribution in [-0.2, 0) is 13.0 Å². The zero-order valence-electron chi connectivity index (χ0n) is 13.4. The van der Waals surface area contributed by atoms with E-state index in [1.165, 1.54) is 48.3 Å². The molecule has 2 heterocycles. The Morgan fingerprint density at radius 1 is 1.29 bits per heavy atom. The lowest BCUT2D eigenvalue weighted by Gasteiger charge is -2.10. The third-order valence-corrected chi connectivity index (χ3v) is 4.49. The molecule has 0 unspecified atom stereocenters. The summed E-state index contributed by atoms with van der Waals surface area (Å²) in [5.41, 5.74) is 9.25. The van der Waals surface area contributed by atoms with Gasteiger partial charge in [-0.05, 0) is 43.8 Å². The predicted octanol–water partition coefficient (Wildman–Crippen LogP) is 3.81. The summed E-state index contributed by atoms with van der Waals surface area (Å²) in [6.07, 6.45) is 9.83. The van der Waals surface area contributed by atoms with Crippen molar-refractivity contribution in [1.82, 2.24) is 14.5 Å². The molecule has 2 aromatic heterocycles. The molecule has 0 fully saturated rings. The smallest absolute Gasteiger partial charge is 0.151 e. The number of nitrogens with zero attached hydrogens (tertiary/aromatic N) is 3. The minimum atomic E-state index is 0.552. The summed E-state index contributed by atoms with van der Waals surface area (Å²) in [6, 6.07) is 0. The Bertz CT molecular complexity index is 591. The number of aromatic nitrogens is 3. The van der Waals surface area contributed by atoms with E-state index in [9.17, 15) is 0 Å². The Morgan fingerprint density at radius 2 is 2.10 bits per heavy atom. The van der Waals surface area contributed by atoms with Gasteiger partial charge in [-0.15, -0.1) is 0 Å². The van der Waals surface area contributed by atoms with E-state index >= 15 is 0 Å². The van der Waals surface area contributed by atoms with Crippen molar-refractivity contribution in [2.24, 2.45) is 0 Å². The van der Waals surface area contributed by atoms with E-state index in [2.05, 4.69) is 29.7 Å². The van der Waals surface area contributed by atoms with Crippen LogP contribution in [0.5, 0.6) is 0 Å². The summed E-state index contributed by atoms with van der Waals surface area (Å²) in [4.78, 5) is 9.03. The second-order valence-electron chi connectivity index (χ2n) is 5.51. The van der Waals surface area contributed by atoms with Crippen LogP contribution >= 0.6 is 11.8 Å². The van der Waals surface area contributed by atoms with Crippen LogP contribution in [0.15, 0.2) is 6.20 Å². The molecule has 2 N–H and O–H groups in total. The number of imidazole rings is 1. The van der Waals surface area contributed by atoms with Gasteiger partial charge in [0.15, 0.2) is 5.82 Å². The first-order valence-corrected chi connectivity index (χ1v) is 9.17. The number of fused-ring (bicyclic) bond motifs is 1. The quantitative estimate of drug-likeness (QED) is 0.754. The Morgan fingerprint density at radius 3 is 2.81 bits per heavy atom. The number of hydrogen-bond acceptors (Lipinski definition) is 4. The van der Waals surface area contributed by atoms with Crippen LogP contribution < -0.4 is 5.73 Å². The summed E-state index contributed by atoms with van der Waals surface area (Å²) >= 11 is 1.91. The molecule has 0 radical (unpaired) electrons. The fraction of sp³-hybridized carbons (Fsp3) is 0.625. The second kappa shape index (κ2) is 7.69. The number of nitrogens with two attached hydrogens (primary N) is 1. The first-order chi connectivity index (χ1) is 10.2. The van der Waals surface area contributed by atoms with Crippen molar-refractivity contribution in [3.63, 3.8) is 0 Å². The number of aryl methyl sites for hydroxylation is 3. The van der Waals surface area contributed by atoms with Gasteiger partial charge < -0.3 is 10.3 Å². The van der Waals surface area contributed by atoms with Gasteiger partial charge in [-0.2, -0.15) is 11.8 Å². The average molecular weight is 306 g/mol. The molecule has 0 aromatic carbocycles. The minimum Gasteiger partial charge on any atom is -0.382 e. The van der Waals surface area contributed by atoms with E-state index in [0.29, 0.717) is 5.82 Å². The first-order valence-electron chi connectivity index (χ1n) is 7.78. The monoisotopic (exact) mass is 306 g/mol. The normalized spacial score (nSPS) is 11.4. The number of pyridine rings is 1. The molecule has 0 bridgehead atoms. The number of nitrogen functional groups attached to an aromatic ring is 1. The van der Waals surface area contributed by atoms with Gasteiger partial charge in [0.2, 0.25) is 0 Å². The molecule has 0 saturated heterocycles. The van der Waals surface area contributed by atoms with Crippen LogP contribution in [0.2, 0.25) is 0 Å². The molecular weight excluding hydrogens is 280 g/mol. The Balaban J connectivity index is 2.34. The molecule has 5 heteroatoms. The zero-order chi connectivity index (χ0) is 15.2. The highest BCUT2D eigenvalue weighted by atomic mass is 32.2. The SMILES string of the molecule is CCCCc1nc2c(N)ncc(C)c2n1CCCCSC. The number of unbranched alkanes of at least 4 members (excludes halogenated alkanes) is 2. The molecule has 2 aromatic rings. The molecule has 2 rings (SSSR count). The number of anilines is 1. The molecule has 0 aliphatic carbocycles. The molecule has 0 aliphatic rings. The summed E-state index contributed by atoms with van der Waals surface area (Å²) in [6.45, 7) is 5.34. The van der Waals surface area contributed by atoms with Gasteiger partial charge >= 0.3 is 0 Å². The van der Waals surface area contributed by atoms with Crippen LogP contribution in [0.25, 0.3) is 11.0 Å². The van der Waals surface area contributed by atoms with Gasteiger partial charge in [-0.3, -0.25) is 0 Å². The van der Waals surface area contributed by atoms with Crippen molar-refractivity contribution in [3.8, 4) is 0 Å².